The monoisotopic (exact) mass is 327 g/mol. The largest absolute Gasteiger partial charge is 0.438 e. The van der Waals surface area contributed by atoms with Gasteiger partial charge in [0.05, 0.1) is 5.70 Å². The van der Waals surface area contributed by atoms with E-state index in [4.69, 9.17) is 4.74 Å². The number of hydrogen-bond donors (Lipinski definition) is 2. The highest BCUT2D eigenvalue weighted by molar-refractivity contribution is 5.57. The molecule has 0 spiro atoms. The zero-order valence-electron chi connectivity index (χ0n) is 12.4. The third-order valence-electron chi connectivity index (χ3n) is 2.66. The molecular formula is C15H13N5O4. The first-order chi connectivity index (χ1) is 11.5. The van der Waals surface area contributed by atoms with E-state index >= 15 is 0 Å². The SMILES string of the molecule is C=C/C(=C\C=C(/C=C)n1ncc(=O)[nH]c1=O)Oc1ccc(=O)[nH]n1. The molecule has 0 fully saturated rings. The highest BCUT2D eigenvalue weighted by atomic mass is 16.5. The Bertz CT molecular complexity index is 973. The number of nitrogens with zero attached hydrogens (tertiary/aromatic N) is 3. The van der Waals surface area contributed by atoms with Crippen molar-refractivity contribution in [3.8, 4) is 5.88 Å². The minimum Gasteiger partial charge on any atom is -0.438 e. The van der Waals surface area contributed by atoms with Gasteiger partial charge in [0.2, 0.25) is 5.88 Å². The molecule has 2 N–H and O–H groups in total. The van der Waals surface area contributed by atoms with Gasteiger partial charge in [-0.3, -0.25) is 14.6 Å². The predicted molar refractivity (Wildman–Crippen MR) is 87.4 cm³/mol. The first-order valence-corrected chi connectivity index (χ1v) is 6.63. The molecule has 0 radical (unpaired) electrons. The first kappa shape index (κ1) is 16.6. The lowest BCUT2D eigenvalue weighted by Crippen LogP contribution is -2.30. The van der Waals surface area contributed by atoms with E-state index in [9.17, 15) is 14.4 Å². The van der Waals surface area contributed by atoms with Gasteiger partial charge in [-0.2, -0.15) is 9.78 Å². The summed E-state index contributed by atoms with van der Waals surface area (Å²) in [5, 5.41) is 9.65. The fourth-order valence-electron chi connectivity index (χ4n) is 1.58. The topological polar surface area (TPSA) is 123 Å². The van der Waals surface area contributed by atoms with Crippen molar-refractivity contribution in [3.63, 3.8) is 0 Å². The number of nitrogens with one attached hydrogen (secondary N) is 2. The molecule has 2 aromatic heterocycles. The van der Waals surface area contributed by atoms with Crippen LogP contribution in [0.25, 0.3) is 5.70 Å². The molecular weight excluding hydrogens is 314 g/mol. The number of hydrogen-bond acceptors (Lipinski definition) is 6. The van der Waals surface area contributed by atoms with Gasteiger partial charge in [0.1, 0.15) is 12.0 Å². The number of H-pyrrole nitrogens is 2. The molecule has 24 heavy (non-hydrogen) atoms. The maximum absolute atomic E-state index is 11.7. The first-order valence-electron chi connectivity index (χ1n) is 6.63. The molecule has 0 unspecified atom stereocenters. The van der Waals surface area contributed by atoms with Crippen LogP contribution in [0, 0.1) is 0 Å². The van der Waals surface area contributed by atoms with E-state index < -0.39 is 11.2 Å². The summed E-state index contributed by atoms with van der Waals surface area (Å²) in [7, 11) is 0. The number of aromatic amines is 2. The Labute approximate surface area is 134 Å². The van der Waals surface area contributed by atoms with Gasteiger partial charge < -0.3 is 4.74 Å². The minimum absolute atomic E-state index is 0.161. The number of allylic oxidation sites excluding steroid dienone is 5. The summed E-state index contributed by atoms with van der Waals surface area (Å²) in [6.45, 7) is 7.19. The van der Waals surface area contributed by atoms with Crippen molar-refractivity contribution < 1.29 is 4.74 Å². The van der Waals surface area contributed by atoms with E-state index in [1.165, 1.54) is 36.4 Å². The van der Waals surface area contributed by atoms with Gasteiger partial charge >= 0.3 is 5.69 Å². The summed E-state index contributed by atoms with van der Waals surface area (Å²) in [6, 6.07) is 2.65. The Balaban J connectivity index is 2.32. The lowest BCUT2D eigenvalue weighted by Gasteiger charge is -2.05. The van der Waals surface area contributed by atoms with Gasteiger partial charge in [0.25, 0.3) is 11.1 Å². The molecule has 0 saturated carbocycles. The maximum atomic E-state index is 11.7. The highest BCUT2D eigenvalue weighted by Crippen LogP contribution is 2.09. The average Bonchev–Trinajstić information content (AvgIpc) is 2.57. The summed E-state index contributed by atoms with van der Waals surface area (Å²) in [5.74, 6) is 0.458. The van der Waals surface area contributed by atoms with Crippen molar-refractivity contribution in [2.24, 2.45) is 0 Å². The molecule has 122 valence electrons. The molecule has 0 aromatic carbocycles. The van der Waals surface area contributed by atoms with Crippen molar-refractivity contribution in [2.45, 2.75) is 0 Å². The van der Waals surface area contributed by atoms with Crippen LogP contribution < -0.4 is 21.5 Å². The Morgan fingerprint density at radius 1 is 1.12 bits per heavy atom. The fourth-order valence-corrected chi connectivity index (χ4v) is 1.58. The van der Waals surface area contributed by atoms with Gasteiger partial charge in [0.15, 0.2) is 0 Å². The Morgan fingerprint density at radius 3 is 2.50 bits per heavy atom. The quantitative estimate of drug-likeness (QED) is 0.577. The van der Waals surface area contributed by atoms with E-state index in [2.05, 4.69) is 33.4 Å². The van der Waals surface area contributed by atoms with E-state index in [0.29, 0.717) is 11.5 Å². The third-order valence-corrected chi connectivity index (χ3v) is 2.66. The molecule has 0 saturated heterocycles. The van der Waals surface area contributed by atoms with Crippen LogP contribution in [0.1, 0.15) is 0 Å². The molecule has 0 aliphatic heterocycles. The maximum Gasteiger partial charge on any atom is 0.349 e. The van der Waals surface area contributed by atoms with Crippen LogP contribution >= 0.6 is 0 Å². The molecule has 0 aliphatic rings. The molecule has 0 aliphatic carbocycles. The van der Waals surface area contributed by atoms with Crippen molar-refractivity contribution in [1.82, 2.24) is 25.0 Å². The smallest absolute Gasteiger partial charge is 0.349 e. The van der Waals surface area contributed by atoms with Crippen molar-refractivity contribution in [1.29, 1.82) is 0 Å². The van der Waals surface area contributed by atoms with Crippen LogP contribution in [0.2, 0.25) is 0 Å². The lowest BCUT2D eigenvalue weighted by molar-refractivity contribution is 0.419. The molecule has 0 atom stereocenters. The summed E-state index contributed by atoms with van der Waals surface area (Å²) < 4.78 is 6.38. The number of ether oxygens (including phenoxy) is 1. The van der Waals surface area contributed by atoms with Gasteiger partial charge in [-0.1, -0.05) is 13.2 Å². The van der Waals surface area contributed by atoms with Crippen LogP contribution in [0.4, 0.5) is 0 Å². The standard InChI is InChI=1S/C15H13N5O4/c1-3-10(20-15(23)17-13(22)9-16-20)5-6-11(4-2)24-14-8-7-12(21)18-19-14/h3-9H,1-2H2,(H,18,21)(H,17,22,23)/b10-5+,11-6+. The molecule has 2 aromatic rings. The summed E-state index contributed by atoms with van der Waals surface area (Å²) in [4.78, 5) is 35.8. The zero-order chi connectivity index (χ0) is 17.5. The highest BCUT2D eigenvalue weighted by Gasteiger charge is 2.02. The van der Waals surface area contributed by atoms with Crippen LogP contribution in [0.3, 0.4) is 0 Å². The van der Waals surface area contributed by atoms with Crippen LogP contribution in [-0.2, 0) is 0 Å². The second kappa shape index (κ2) is 7.49. The molecule has 2 rings (SSSR count). The minimum atomic E-state index is -0.703. The Morgan fingerprint density at radius 2 is 1.92 bits per heavy atom. The van der Waals surface area contributed by atoms with Gasteiger partial charge in [-0.25, -0.2) is 9.89 Å². The average molecular weight is 327 g/mol. The van der Waals surface area contributed by atoms with E-state index in [-0.39, 0.29) is 11.4 Å². The van der Waals surface area contributed by atoms with E-state index in [1.54, 1.807) is 0 Å². The summed E-state index contributed by atoms with van der Waals surface area (Å²) >= 11 is 0. The second-order valence-corrected chi connectivity index (χ2v) is 4.28. The third kappa shape index (κ3) is 4.13. The molecule has 2 heterocycles. The van der Waals surface area contributed by atoms with Crippen molar-refractivity contribution in [3.05, 3.63) is 92.7 Å². The zero-order valence-corrected chi connectivity index (χ0v) is 12.4. The molecule has 0 amide bonds. The normalized spacial score (nSPS) is 11.8. The number of rotatable bonds is 6. The summed E-state index contributed by atoms with van der Waals surface area (Å²) in [6.07, 6.45) is 6.74. The summed E-state index contributed by atoms with van der Waals surface area (Å²) in [5.41, 5.74) is -1.36. The fraction of sp³-hybridized carbons (Fsp3) is 0. The van der Waals surface area contributed by atoms with Crippen molar-refractivity contribution >= 4 is 5.70 Å². The molecule has 9 nitrogen and oxygen atoms in total. The molecule has 9 heteroatoms. The molecule has 0 bridgehead atoms. The Kier molecular flexibility index (Phi) is 5.19. The van der Waals surface area contributed by atoms with Crippen molar-refractivity contribution in [2.75, 3.05) is 0 Å². The number of aromatic nitrogens is 5. The second-order valence-electron chi connectivity index (χ2n) is 4.28. The van der Waals surface area contributed by atoms with Gasteiger partial charge in [0, 0.05) is 12.1 Å². The van der Waals surface area contributed by atoms with Gasteiger partial charge in [-0.15, -0.1) is 5.10 Å². The van der Waals surface area contributed by atoms with E-state index in [0.717, 1.165) is 10.9 Å². The Hall–Kier alpha value is -3.75. The van der Waals surface area contributed by atoms with Crippen LogP contribution in [0.15, 0.2) is 75.9 Å². The van der Waals surface area contributed by atoms with E-state index in [1.807, 2.05) is 0 Å². The lowest BCUT2D eigenvalue weighted by atomic mass is 10.3. The van der Waals surface area contributed by atoms with Gasteiger partial charge in [-0.05, 0) is 24.3 Å². The van der Waals surface area contributed by atoms with Crippen LogP contribution in [-0.4, -0.2) is 25.0 Å². The predicted octanol–water partition coefficient (Wildman–Crippen LogP) is 0.191. The van der Waals surface area contributed by atoms with Crippen LogP contribution in [0.5, 0.6) is 5.88 Å².